The van der Waals surface area contributed by atoms with Crippen molar-refractivity contribution in [1.82, 2.24) is 5.32 Å². The number of para-hydroxylation sites is 1. The maximum absolute atomic E-state index is 13.4. The number of fused-ring (bicyclic) bond motifs is 2. The van der Waals surface area contributed by atoms with Gasteiger partial charge in [-0.05, 0) is 44.0 Å². The topological polar surface area (TPSA) is 75.7 Å². The maximum Gasteiger partial charge on any atom is 0.336 e. The van der Waals surface area contributed by atoms with E-state index in [0.29, 0.717) is 23.2 Å². The molecular formula is C24H24N2O4. The summed E-state index contributed by atoms with van der Waals surface area (Å²) in [5, 5.41) is 2.82. The summed E-state index contributed by atoms with van der Waals surface area (Å²) in [5.74, 6) is -1.91. The van der Waals surface area contributed by atoms with Crippen molar-refractivity contribution in [2.45, 2.75) is 38.3 Å². The van der Waals surface area contributed by atoms with Gasteiger partial charge in [-0.2, -0.15) is 0 Å². The Morgan fingerprint density at radius 1 is 1.07 bits per heavy atom. The molecule has 4 rings (SSSR count). The first kappa shape index (κ1) is 19.9. The molecule has 0 fully saturated rings. The lowest BCUT2D eigenvalue weighted by Crippen LogP contribution is -2.57. The van der Waals surface area contributed by atoms with Crippen molar-refractivity contribution in [3.8, 4) is 0 Å². The molecule has 1 unspecified atom stereocenters. The summed E-state index contributed by atoms with van der Waals surface area (Å²) in [6.45, 7) is 5.43. The normalized spacial score (nSPS) is 19.8. The summed E-state index contributed by atoms with van der Waals surface area (Å²) in [4.78, 5) is 41.3. The fourth-order valence-electron chi connectivity index (χ4n) is 3.93. The van der Waals surface area contributed by atoms with Crippen molar-refractivity contribution in [2.75, 3.05) is 11.9 Å². The number of ether oxygens (including phenoxy) is 1. The summed E-state index contributed by atoms with van der Waals surface area (Å²) in [5.41, 5.74) is 0.590. The first-order valence-electron chi connectivity index (χ1n) is 9.85. The number of nitrogens with zero attached hydrogens (tertiary/aromatic N) is 1. The number of likely N-dealkylation sites (N-methyl/N-ethyl adjacent to an activating group) is 1. The number of nitrogens with one attached hydrogen (secondary N) is 1. The molecule has 2 amide bonds. The molecule has 0 aromatic heterocycles. The molecule has 1 aliphatic heterocycles. The van der Waals surface area contributed by atoms with Gasteiger partial charge in [0.1, 0.15) is 0 Å². The Balaban J connectivity index is 1.76. The fourth-order valence-corrected chi connectivity index (χ4v) is 3.93. The van der Waals surface area contributed by atoms with Gasteiger partial charge in [0, 0.05) is 30.1 Å². The number of rotatable bonds is 3. The fraction of sp³-hybridized carbons (Fsp3) is 0.292. The summed E-state index contributed by atoms with van der Waals surface area (Å²) < 4.78 is 5.82. The van der Waals surface area contributed by atoms with Crippen LogP contribution in [0.4, 0.5) is 5.69 Å². The zero-order valence-electron chi connectivity index (χ0n) is 17.5. The van der Waals surface area contributed by atoms with Crippen molar-refractivity contribution < 1.29 is 19.1 Å². The van der Waals surface area contributed by atoms with Crippen LogP contribution in [0.15, 0.2) is 54.1 Å². The number of hydrogen-bond donors (Lipinski definition) is 1. The summed E-state index contributed by atoms with van der Waals surface area (Å²) in [6, 6.07) is 14.6. The Hall–Kier alpha value is -3.41. The van der Waals surface area contributed by atoms with Crippen LogP contribution in [-0.2, 0) is 31.1 Å². The van der Waals surface area contributed by atoms with E-state index in [1.54, 1.807) is 37.4 Å². The first-order valence-corrected chi connectivity index (χ1v) is 9.85. The highest BCUT2D eigenvalue weighted by Crippen LogP contribution is 2.43. The van der Waals surface area contributed by atoms with Crippen LogP contribution in [-0.4, -0.2) is 30.4 Å². The van der Waals surface area contributed by atoms with Crippen molar-refractivity contribution >= 4 is 29.5 Å². The number of benzene rings is 2. The molecule has 0 saturated heterocycles. The molecule has 1 aliphatic carbocycles. The smallest absolute Gasteiger partial charge is 0.336 e. The number of carbonyl (C=O) groups is 3. The number of hydrogen-bond acceptors (Lipinski definition) is 4. The highest BCUT2D eigenvalue weighted by atomic mass is 16.6. The van der Waals surface area contributed by atoms with Crippen LogP contribution in [0.5, 0.6) is 0 Å². The number of esters is 1. The SMILES string of the molecule is CN1C(=O)C(OC(=O)C2=Cc3ccccc3C2)(C(=O)NC(C)(C)C)c2ccccc21. The molecule has 154 valence electrons. The molecule has 2 aliphatic rings. The van der Waals surface area contributed by atoms with Crippen LogP contribution in [0.3, 0.4) is 0 Å². The third kappa shape index (κ3) is 3.09. The van der Waals surface area contributed by atoms with Crippen LogP contribution in [0.25, 0.3) is 6.08 Å². The zero-order chi connectivity index (χ0) is 21.7. The van der Waals surface area contributed by atoms with Crippen molar-refractivity contribution in [3.63, 3.8) is 0 Å². The first-order chi connectivity index (χ1) is 14.1. The predicted molar refractivity (Wildman–Crippen MR) is 114 cm³/mol. The molecule has 2 aromatic carbocycles. The molecule has 1 N–H and O–H groups in total. The highest BCUT2D eigenvalue weighted by Gasteiger charge is 2.59. The van der Waals surface area contributed by atoms with Gasteiger partial charge in [0.05, 0.1) is 5.69 Å². The molecule has 30 heavy (non-hydrogen) atoms. The van der Waals surface area contributed by atoms with E-state index in [1.165, 1.54) is 4.90 Å². The van der Waals surface area contributed by atoms with Crippen molar-refractivity contribution in [3.05, 3.63) is 70.8 Å². The monoisotopic (exact) mass is 404 g/mol. The Labute approximate surface area is 175 Å². The molecule has 2 aromatic rings. The lowest BCUT2D eigenvalue weighted by molar-refractivity contribution is -0.172. The predicted octanol–water partition coefficient (Wildman–Crippen LogP) is 2.96. The summed E-state index contributed by atoms with van der Waals surface area (Å²) in [7, 11) is 1.58. The van der Waals surface area contributed by atoms with Gasteiger partial charge in [-0.3, -0.25) is 9.59 Å². The van der Waals surface area contributed by atoms with Crippen LogP contribution in [0.2, 0.25) is 0 Å². The minimum atomic E-state index is -2.06. The van der Waals surface area contributed by atoms with Gasteiger partial charge in [-0.15, -0.1) is 0 Å². The second-order valence-electron chi connectivity index (χ2n) is 8.70. The van der Waals surface area contributed by atoms with E-state index in [1.807, 2.05) is 45.0 Å². The molecule has 0 radical (unpaired) electrons. The van der Waals surface area contributed by atoms with Crippen molar-refractivity contribution in [1.29, 1.82) is 0 Å². The van der Waals surface area contributed by atoms with Gasteiger partial charge < -0.3 is 15.0 Å². The molecule has 1 heterocycles. The van der Waals surface area contributed by atoms with E-state index in [4.69, 9.17) is 4.74 Å². The van der Waals surface area contributed by atoms with Crippen LogP contribution in [0.1, 0.15) is 37.5 Å². The third-order valence-electron chi connectivity index (χ3n) is 5.33. The summed E-state index contributed by atoms with van der Waals surface area (Å²) >= 11 is 0. The van der Waals surface area contributed by atoms with Gasteiger partial charge in [0.15, 0.2) is 0 Å². The number of amides is 2. The molecule has 6 heteroatoms. The Morgan fingerprint density at radius 3 is 2.43 bits per heavy atom. The van der Waals surface area contributed by atoms with Crippen LogP contribution in [0, 0.1) is 0 Å². The van der Waals surface area contributed by atoms with Gasteiger partial charge >= 0.3 is 5.97 Å². The highest BCUT2D eigenvalue weighted by molar-refractivity contribution is 6.21. The molecule has 0 saturated carbocycles. The Bertz CT molecular complexity index is 1100. The Morgan fingerprint density at radius 2 is 1.73 bits per heavy atom. The lowest BCUT2D eigenvalue weighted by atomic mass is 9.92. The second kappa shape index (κ2) is 6.83. The van der Waals surface area contributed by atoms with E-state index in [-0.39, 0.29) is 0 Å². The van der Waals surface area contributed by atoms with Gasteiger partial charge in [-0.25, -0.2) is 4.79 Å². The number of anilines is 1. The van der Waals surface area contributed by atoms with Gasteiger partial charge in [0.25, 0.3) is 17.4 Å². The van der Waals surface area contributed by atoms with E-state index in [9.17, 15) is 14.4 Å². The molecule has 6 nitrogen and oxygen atoms in total. The van der Waals surface area contributed by atoms with Crippen molar-refractivity contribution in [2.24, 2.45) is 0 Å². The average Bonchev–Trinajstić information content (AvgIpc) is 3.21. The minimum absolute atomic E-state index is 0.365. The van der Waals surface area contributed by atoms with E-state index in [2.05, 4.69) is 5.32 Å². The van der Waals surface area contributed by atoms with E-state index in [0.717, 1.165) is 11.1 Å². The number of carbonyl (C=O) groups excluding carboxylic acids is 3. The zero-order valence-corrected chi connectivity index (χ0v) is 17.5. The quantitative estimate of drug-likeness (QED) is 0.630. The molecular weight excluding hydrogens is 380 g/mol. The molecule has 0 spiro atoms. The van der Waals surface area contributed by atoms with Gasteiger partial charge in [-0.1, -0.05) is 42.5 Å². The minimum Gasteiger partial charge on any atom is -0.430 e. The third-order valence-corrected chi connectivity index (χ3v) is 5.33. The standard InChI is InChI=1S/C24H24N2O4/c1-23(2,3)25-21(28)24(18-11-7-8-12-19(18)26(4)22(24)29)30-20(27)17-13-15-9-5-6-10-16(15)14-17/h5-13H,14H2,1-4H3,(H,25,28). The van der Waals surface area contributed by atoms with E-state index < -0.39 is 28.9 Å². The van der Waals surface area contributed by atoms with Gasteiger partial charge in [0.2, 0.25) is 0 Å². The summed E-state index contributed by atoms with van der Waals surface area (Å²) in [6.07, 6.45) is 2.15. The lowest BCUT2D eigenvalue weighted by Gasteiger charge is -2.31. The average molecular weight is 404 g/mol. The Kier molecular flexibility index (Phi) is 4.53. The second-order valence-corrected chi connectivity index (χ2v) is 8.70. The van der Waals surface area contributed by atoms with Crippen LogP contribution >= 0.6 is 0 Å². The molecule has 0 bridgehead atoms. The largest absolute Gasteiger partial charge is 0.430 e. The maximum atomic E-state index is 13.4. The molecule has 1 atom stereocenters. The van der Waals surface area contributed by atoms with E-state index >= 15 is 0 Å². The van der Waals surface area contributed by atoms with Crippen LogP contribution < -0.4 is 10.2 Å².